The molecule has 0 aliphatic carbocycles. The van der Waals surface area contributed by atoms with Crippen LogP contribution in [0.2, 0.25) is 0 Å². The van der Waals surface area contributed by atoms with Gasteiger partial charge in [-0.15, -0.1) is 5.10 Å². The average Bonchev–Trinajstić information content (AvgIpc) is 3.10. The molecule has 2 saturated heterocycles. The van der Waals surface area contributed by atoms with Gasteiger partial charge in [0.15, 0.2) is 5.82 Å². The molecular weight excluding hydrogens is 300 g/mol. The largest absolute Gasteiger partial charge is 0.441 e. The minimum atomic E-state index is -0.432. The van der Waals surface area contributed by atoms with Crippen LogP contribution >= 0.6 is 0 Å². The van der Waals surface area contributed by atoms with Gasteiger partial charge in [0.1, 0.15) is 5.60 Å². The van der Waals surface area contributed by atoms with Crippen LogP contribution < -0.4 is 5.32 Å². The monoisotopic (exact) mass is 320 g/mol. The number of alkyl carbamates (subject to hydrolysis) is 1. The Labute approximate surface area is 133 Å². The molecule has 1 N–H and O–H groups in total. The van der Waals surface area contributed by atoms with Crippen molar-refractivity contribution in [1.82, 2.24) is 30.4 Å². The predicted octanol–water partition coefficient (Wildman–Crippen LogP) is 0.0416. The molecule has 4 heterocycles. The van der Waals surface area contributed by atoms with Gasteiger partial charge >= 0.3 is 6.09 Å². The lowest BCUT2D eigenvalue weighted by Gasteiger charge is -2.38. The number of nitrogens with one attached hydrogen (secondary N) is 1. The molecule has 9 heteroatoms. The fraction of sp³-hybridized carbons (Fsp3) is 0.786. The maximum Gasteiger partial charge on any atom is 0.407 e. The lowest BCUT2D eigenvalue weighted by Crippen LogP contribution is -2.49. The number of aryl methyl sites for hydroxylation is 1. The fourth-order valence-corrected chi connectivity index (χ4v) is 3.73. The molecule has 9 nitrogen and oxygen atoms in total. The van der Waals surface area contributed by atoms with Crippen LogP contribution in [0.5, 0.6) is 0 Å². The van der Waals surface area contributed by atoms with E-state index in [4.69, 9.17) is 4.74 Å². The van der Waals surface area contributed by atoms with E-state index in [1.165, 1.54) is 0 Å². The average molecular weight is 320 g/mol. The SMILES string of the molecule is O=C1NCC2(CCN(C(=O)[C@H]3CCCCn4nnnc43)CC2)O1. The number of likely N-dealkylation sites (tertiary alicyclic amines) is 1. The number of piperidine rings is 1. The number of rotatable bonds is 1. The van der Waals surface area contributed by atoms with Gasteiger partial charge in [0.2, 0.25) is 5.91 Å². The zero-order valence-electron chi connectivity index (χ0n) is 12.9. The molecule has 2 fully saturated rings. The van der Waals surface area contributed by atoms with Crippen molar-refractivity contribution < 1.29 is 14.3 Å². The third kappa shape index (κ3) is 2.53. The number of carbonyl (C=O) groups is 2. The number of hydrogen-bond donors (Lipinski definition) is 1. The minimum Gasteiger partial charge on any atom is -0.441 e. The summed E-state index contributed by atoms with van der Waals surface area (Å²) in [6.07, 6.45) is 3.77. The van der Waals surface area contributed by atoms with Crippen LogP contribution in [0.25, 0.3) is 0 Å². The molecule has 0 radical (unpaired) electrons. The van der Waals surface area contributed by atoms with Gasteiger partial charge in [0.05, 0.1) is 12.5 Å². The second kappa shape index (κ2) is 5.47. The van der Waals surface area contributed by atoms with Crippen LogP contribution in [0.1, 0.15) is 43.8 Å². The summed E-state index contributed by atoms with van der Waals surface area (Å²) >= 11 is 0. The number of tetrazole rings is 1. The van der Waals surface area contributed by atoms with Gasteiger partial charge in [-0.2, -0.15) is 0 Å². The third-order valence-corrected chi connectivity index (χ3v) is 5.13. The van der Waals surface area contributed by atoms with E-state index in [-0.39, 0.29) is 17.9 Å². The number of hydrogen-bond acceptors (Lipinski definition) is 6. The summed E-state index contributed by atoms with van der Waals surface area (Å²) in [6, 6.07) is 0. The number of nitrogens with zero attached hydrogens (tertiary/aromatic N) is 5. The van der Waals surface area contributed by atoms with Crippen molar-refractivity contribution in [3.8, 4) is 0 Å². The van der Waals surface area contributed by atoms with E-state index in [1.807, 2.05) is 4.90 Å². The van der Waals surface area contributed by atoms with Gasteiger partial charge in [-0.1, -0.05) is 6.42 Å². The Bertz CT molecular complexity index is 622. The quantitative estimate of drug-likeness (QED) is 0.784. The normalized spacial score (nSPS) is 26.3. The van der Waals surface area contributed by atoms with Crippen molar-refractivity contribution in [2.24, 2.45) is 0 Å². The van der Waals surface area contributed by atoms with E-state index in [1.54, 1.807) is 4.68 Å². The van der Waals surface area contributed by atoms with Crippen LogP contribution in [-0.2, 0) is 16.1 Å². The Balaban J connectivity index is 1.45. The van der Waals surface area contributed by atoms with E-state index >= 15 is 0 Å². The molecule has 0 saturated carbocycles. The van der Waals surface area contributed by atoms with Crippen molar-refractivity contribution in [2.75, 3.05) is 19.6 Å². The summed E-state index contributed by atoms with van der Waals surface area (Å²) in [4.78, 5) is 26.1. The molecule has 1 aromatic heterocycles. The van der Waals surface area contributed by atoms with Crippen LogP contribution in [0.3, 0.4) is 0 Å². The molecule has 1 atom stereocenters. The first kappa shape index (κ1) is 14.4. The summed E-state index contributed by atoms with van der Waals surface area (Å²) in [6.45, 7) is 2.52. The molecule has 3 aliphatic rings. The molecule has 1 spiro atoms. The van der Waals surface area contributed by atoms with Crippen LogP contribution in [0, 0.1) is 0 Å². The van der Waals surface area contributed by atoms with E-state index in [0.717, 1.165) is 25.8 Å². The highest BCUT2D eigenvalue weighted by molar-refractivity contribution is 5.83. The summed E-state index contributed by atoms with van der Waals surface area (Å²) in [5.74, 6) is 0.516. The Hall–Kier alpha value is -2.19. The molecule has 23 heavy (non-hydrogen) atoms. The van der Waals surface area contributed by atoms with E-state index in [9.17, 15) is 9.59 Å². The number of aromatic nitrogens is 4. The van der Waals surface area contributed by atoms with E-state index < -0.39 is 5.60 Å². The van der Waals surface area contributed by atoms with Crippen LogP contribution in [0.15, 0.2) is 0 Å². The summed E-state index contributed by atoms with van der Waals surface area (Å²) in [7, 11) is 0. The van der Waals surface area contributed by atoms with Gasteiger partial charge in [-0.25, -0.2) is 9.48 Å². The maximum atomic E-state index is 12.9. The first-order valence-electron chi connectivity index (χ1n) is 8.19. The predicted molar refractivity (Wildman–Crippen MR) is 77.4 cm³/mol. The van der Waals surface area contributed by atoms with Crippen molar-refractivity contribution in [2.45, 2.75) is 50.2 Å². The Morgan fingerprint density at radius 1 is 1.26 bits per heavy atom. The van der Waals surface area contributed by atoms with Gasteiger partial charge in [0, 0.05) is 32.5 Å². The standard InChI is InChI=1S/C14H20N6O3/c21-12(10-3-1-2-6-20-11(10)16-17-18-20)19-7-4-14(5-8-19)9-15-13(22)23-14/h10H,1-9H2,(H,15,22)/t10-/m0/s1. The minimum absolute atomic E-state index is 0.0927. The highest BCUT2D eigenvalue weighted by Gasteiger charge is 2.44. The van der Waals surface area contributed by atoms with Crippen molar-refractivity contribution in [1.29, 1.82) is 0 Å². The maximum absolute atomic E-state index is 12.9. The zero-order chi connectivity index (χ0) is 15.9. The molecule has 3 aliphatic heterocycles. The molecule has 124 valence electrons. The summed E-state index contributed by atoms with van der Waals surface area (Å²) in [5.41, 5.74) is -0.432. The van der Waals surface area contributed by atoms with E-state index in [2.05, 4.69) is 20.8 Å². The Kier molecular flexibility index (Phi) is 3.42. The first-order chi connectivity index (χ1) is 11.2. The van der Waals surface area contributed by atoms with Gasteiger partial charge in [-0.05, 0) is 23.3 Å². The zero-order valence-corrected chi connectivity index (χ0v) is 12.9. The highest BCUT2D eigenvalue weighted by Crippen LogP contribution is 2.32. The molecule has 2 amide bonds. The van der Waals surface area contributed by atoms with Crippen LogP contribution in [-0.4, -0.2) is 62.3 Å². The number of carbonyl (C=O) groups excluding carboxylic acids is 2. The van der Waals surface area contributed by atoms with Crippen molar-refractivity contribution in [3.05, 3.63) is 5.82 Å². The lowest BCUT2D eigenvalue weighted by molar-refractivity contribution is -0.136. The van der Waals surface area contributed by atoms with Gasteiger partial charge in [-0.3, -0.25) is 4.79 Å². The van der Waals surface area contributed by atoms with Crippen LogP contribution in [0.4, 0.5) is 4.79 Å². The number of ether oxygens (including phenoxy) is 1. The van der Waals surface area contributed by atoms with Gasteiger partial charge < -0.3 is 15.0 Å². The second-order valence-electron chi connectivity index (χ2n) is 6.56. The fourth-order valence-electron chi connectivity index (χ4n) is 3.73. The summed E-state index contributed by atoms with van der Waals surface area (Å²) in [5, 5.41) is 14.5. The Morgan fingerprint density at radius 3 is 2.83 bits per heavy atom. The first-order valence-corrected chi connectivity index (χ1v) is 8.19. The molecule has 0 aromatic carbocycles. The molecular formula is C14H20N6O3. The summed E-state index contributed by atoms with van der Waals surface area (Å²) < 4.78 is 7.16. The van der Waals surface area contributed by atoms with Gasteiger partial charge in [0.25, 0.3) is 0 Å². The van der Waals surface area contributed by atoms with Crippen molar-refractivity contribution >= 4 is 12.0 Å². The molecule has 0 bridgehead atoms. The number of fused-ring (bicyclic) bond motifs is 1. The molecule has 4 rings (SSSR count). The molecule has 1 aromatic rings. The van der Waals surface area contributed by atoms with Crippen molar-refractivity contribution in [3.63, 3.8) is 0 Å². The Morgan fingerprint density at radius 2 is 2.09 bits per heavy atom. The topological polar surface area (TPSA) is 102 Å². The third-order valence-electron chi connectivity index (χ3n) is 5.13. The number of amides is 2. The highest BCUT2D eigenvalue weighted by atomic mass is 16.6. The molecule has 0 unspecified atom stereocenters. The van der Waals surface area contributed by atoms with E-state index in [0.29, 0.717) is 38.3 Å². The second-order valence-corrected chi connectivity index (χ2v) is 6.56. The lowest BCUT2D eigenvalue weighted by atomic mass is 9.90. The smallest absolute Gasteiger partial charge is 0.407 e.